The summed E-state index contributed by atoms with van der Waals surface area (Å²) in [4.78, 5) is 10.00. The lowest BCUT2D eigenvalue weighted by Gasteiger charge is -2.04. The molecular weight excluding hydrogens is 144 g/mol. The molecule has 1 aliphatic rings. The average molecular weight is 154 g/mol. The first kappa shape index (κ1) is 7.78. The maximum atomic E-state index is 10.00. The molecule has 4 heteroatoms. The van der Waals surface area contributed by atoms with Crippen LogP contribution in [-0.2, 0) is 0 Å². The first-order valence-corrected chi connectivity index (χ1v) is 3.51. The fourth-order valence-corrected chi connectivity index (χ4v) is 0.917. The van der Waals surface area contributed by atoms with E-state index in [9.17, 15) is 4.79 Å². The molecule has 0 aromatic carbocycles. The van der Waals surface area contributed by atoms with Gasteiger partial charge in [-0.05, 0) is 25.3 Å². The summed E-state index contributed by atoms with van der Waals surface area (Å²) in [5, 5.41) is 11.9. The SMILES string of the molecule is O=C(O)N/N=C1/C=CCCC1. The number of hydrogen-bond donors (Lipinski definition) is 2. The molecule has 0 aliphatic heterocycles. The van der Waals surface area contributed by atoms with Gasteiger partial charge < -0.3 is 5.11 Å². The third-order valence-electron chi connectivity index (χ3n) is 1.41. The Bertz CT molecular complexity index is 208. The van der Waals surface area contributed by atoms with Crippen LogP contribution in [0.15, 0.2) is 17.3 Å². The van der Waals surface area contributed by atoms with Crippen molar-refractivity contribution in [2.24, 2.45) is 5.10 Å². The van der Waals surface area contributed by atoms with E-state index in [0.717, 1.165) is 25.0 Å². The molecule has 0 saturated carbocycles. The van der Waals surface area contributed by atoms with Crippen molar-refractivity contribution < 1.29 is 9.90 Å². The Labute approximate surface area is 64.6 Å². The quantitative estimate of drug-likeness (QED) is 0.560. The molecule has 1 amide bonds. The number of hydrazone groups is 1. The molecule has 4 nitrogen and oxygen atoms in total. The summed E-state index contributed by atoms with van der Waals surface area (Å²) in [6.07, 6.45) is 5.70. The van der Waals surface area contributed by atoms with Gasteiger partial charge in [-0.25, -0.2) is 10.2 Å². The minimum Gasteiger partial charge on any atom is -0.464 e. The van der Waals surface area contributed by atoms with E-state index in [1.807, 2.05) is 17.6 Å². The second-order valence-corrected chi connectivity index (χ2v) is 2.31. The fraction of sp³-hybridized carbons (Fsp3) is 0.429. The van der Waals surface area contributed by atoms with Crippen LogP contribution in [-0.4, -0.2) is 16.9 Å². The second kappa shape index (κ2) is 3.75. The predicted octanol–water partition coefficient (Wildman–Crippen LogP) is 1.35. The number of allylic oxidation sites excluding steroid dienone is 2. The van der Waals surface area contributed by atoms with Crippen LogP contribution in [0.25, 0.3) is 0 Å². The van der Waals surface area contributed by atoms with Gasteiger partial charge in [0.15, 0.2) is 0 Å². The number of amides is 1. The highest BCUT2D eigenvalue weighted by molar-refractivity contribution is 5.95. The Morgan fingerprint density at radius 1 is 1.73 bits per heavy atom. The molecule has 11 heavy (non-hydrogen) atoms. The van der Waals surface area contributed by atoms with Gasteiger partial charge in [-0.15, -0.1) is 0 Å². The zero-order chi connectivity index (χ0) is 8.10. The van der Waals surface area contributed by atoms with Crippen molar-refractivity contribution in [1.29, 1.82) is 0 Å². The number of carboxylic acid groups (broad SMARTS) is 1. The maximum absolute atomic E-state index is 10.00. The molecule has 0 saturated heterocycles. The van der Waals surface area contributed by atoms with Crippen molar-refractivity contribution in [2.45, 2.75) is 19.3 Å². The van der Waals surface area contributed by atoms with E-state index < -0.39 is 6.09 Å². The molecular formula is C7H10N2O2. The Kier molecular flexibility index (Phi) is 2.66. The molecule has 60 valence electrons. The van der Waals surface area contributed by atoms with Crippen LogP contribution in [0.3, 0.4) is 0 Å². The van der Waals surface area contributed by atoms with Gasteiger partial charge in [-0.1, -0.05) is 6.08 Å². The molecule has 0 aromatic rings. The average Bonchev–Trinajstić information content (AvgIpc) is 2.03. The Hall–Kier alpha value is -1.32. The van der Waals surface area contributed by atoms with Crippen molar-refractivity contribution in [3.63, 3.8) is 0 Å². The van der Waals surface area contributed by atoms with Gasteiger partial charge >= 0.3 is 6.09 Å². The van der Waals surface area contributed by atoms with Crippen LogP contribution in [0.1, 0.15) is 19.3 Å². The van der Waals surface area contributed by atoms with Crippen molar-refractivity contribution in [3.05, 3.63) is 12.2 Å². The smallest absolute Gasteiger partial charge is 0.425 e. The predicted molar refractivity (Wildman–Crippen MR) is 41.6 cm³/mol. The monoisotopic (exact) mass is 154 g/mol. The van der Waals surface area contributed by atoms with Crippen LogP contribution in [0.5, 0.6) is 0 Å². The lowest BCUT2D eigenvalue weighted by molar-refractivity contribution is 0.195. The van der Waals surface area contributed by atoms with Gasteiger partial charge in [0.1, 0.15) is 0 Å². The number of rotatable bonds is 1. The van der Waals surface area contributed by atoms with Gasteiger partial charge in [0.05, 0.1) is 5.71 Å². The topological polar surface area (TPSA) is 61.7 Å². The third-order valence-corrected chi connectivity index (χ3v) is 1.41. The summed E-state index contributed by atoms with van der Waals surface area (Å²) in [6.45, 7) is 0. The van der Waals surface area contributed by atoms with Gasteiger partial charge in [0, 0.05) is 0 Å². The lowest BCUT2D eigenvalue weighted by atomic mass is 10.1. The van der Waals surface area contributed by atoms with E-state index in [0.29, 0.717) is 0 Å². The van der Waals surface area contributed by atoms with Gasteiger partial charge in [0.2, 0.25) is 0 Å². The first-order chi connectivity index (χ1) is 5.29. The zero-order valence-corrected chi connectivity index (χ0v) is 6.08. The Morgan fingerprint density at radius 3 is 3.09 bits per heavy atom. The summed E-state index contributed by atoms with van der Waals surface area (Å²) < 4.78 is 0. The maximum Gasteiger partial charge on any atom is 0.425 e. The zero-order valence-electron chi connectivity index (χ0n) is 6.08. The largest absolute Gasteiger partial charge is 0.464 e. The molecule has 0 fully saturated rings. The summed E-state index contributed by atoms with van der Waals surface area (Å²) in [5.41, 5.74) is 2.77. The van der Waals surface area contributed by atoms with E-state index in [4.69, 9.17) is 5.11 Å². The molecule has 0 aromatic heterocycles. The Balaban J connectivity index is 2.44. The number of nitrogens with zero attached hydrogens (tertiary/aromatic N) is 1. The van der Waals surface area contributed by atoms with E-state index >= 15 is 0 Å². The van der Waals surface area contributed by atoms with Crippen LogP contribution >= 0.6 is 0 Å². The lowest BCUT2D eigenvalue weighted by Crippen LogP contribution is -2.16. The van der Waals surface area contributed by atoms with E-state index in [-0.39, 0.29) is 0 Å². The van der Waals surface area contributed by atoms with Crippen molar-refractivity contribution >= 4 is 11.8 Å². The van der Waals surface area contributed by atoms with E-state index in [1.54, 1.807) is 0 Å². The van der Waals surface area contributed by atoms with Crippen molar-refractivity contribution in [3.8, 4) is 0 Å². The highest BCUT2D eigenvalue weighted by Gasteiger charge is 2.00. The normalized spacial score (nSPS) is 20.2. The van der Waals surface area contributed by atoms with Crippen molar-refractivity contribution in [1.82, 2.24) is 5.43 Å². The van der Waals surface area contributed by atoms with Crippen LogP contribution < -0.4 is 5.43 Å². The van der Waals surface area contributed by atoms with Gasteiger partial charge in [-0.2, -0.15) is 5.10 Å². The van der Waals surface area contributed by atoms with Crippen molar-refractivity contribution in [2.75, 3.05) is 0 Å². The Morgan fingerprint density at radius 2 is 2.55 bits per heavy atom. The first-order valence-electron chi connectivity index (χ1n) is 3.51. The molecule has 1 aliphatic carbocycles. The summed E-state index contributed by atoms with van der Waals surface area (Å²) in [7, 11) is 0. The summed E-state index contributed by atoms with van der Waals surface area (Å²) in [5.74, 6) is 0. The molecule has 0 bridgehead atoms. The minimum atomic E-state index is -1.11. The number of carbonyl (C=O) groups is 1. The second-order valence-electron chi connectivity index (χ2n) is 2.31. The van der Waals surface area contributed by atoms with E-state index in [2.05, 4.69) is 5.10 Å². The van der Waals surface area contributed by atoms with Crippen LogP contribution in [0.4, 0.5) is 4.79 Å². The summed E-state index contributed by atoms with van der Waals surface area (Å²) in [6, 6.07) is 0. The minimum absolute atomic E-state index is 0.804. The molecule has 0 spiro atoms. The molecule has 0 radical (unpaired) electrons. The molecule has 2 N–H and O–H groups in total. The molecule has 0 atom stereocenters. The highest BCUT2D eigenvalue weighted by atomic mass is 16.4. The molecule has 1 rings (SSSR count). The molecule has 0 heterocycles. The van der Waals surface area contributed by atoms with E-state index in [1.165, 1.54) is 0 Å². The summed E-state index contributed by atoms with van der Waals surface area (Å²) >= 11 is 0. The fourth-order valence-electron chi connectivity index (χ4n) is 0.917. The highest BCUT2D eigenvalue weighted by Crippen LogP contribution is 2.06. The molecule has 0 unspecified atom stereocenters. The van der Waals surface area contributed by atoms with Gasteiger partial charge in [0.25, 0.3) is 0 Å². The number of hydrogen-bond acceptors (Lipinski definition) is 2. The van der Waals surface area contributed by atoms with Gasteiger partial charge in [-0.3, -0.25) is 0 Å². The standard InChI is InChI=1S/C7H10N2O2/c10-7(11)9-8-6-4-2-1-3-5-6/h2,4,9H,1,3,5H2,(H,10,11)/b8-6-. The number of nitrogens with one attached hydrogen (secondary N) is 1. The van der Waals surface area contributed by atoms with Crippen LogP contribution in [0, 0.1) is 0 Å². The third kappa shape index (κ3) is 2.84. The van der Waals surface area contributed by atoms with Crippen LogP contribution in [0.2, 0.25) is 0 Å².